The summed E-state index contributed by atoms with van der Waals surface area (Å²) in [5.41, 5.74) is 2.64. The second-order valence-corrected chi connectivity index (χ2v) is 5.48. The fraction of sp³-hybridized carbons (Fsp3) is 0.714. The van der Waals surface area contributed by atoms with Gasteiger partial charge in [-0.25, -0.2) is 0 Å². The highest BCUT2D eigenvalue weighted by Crippen LogP contribution is 2.35. The minimum Gasteiger partial charge on any atom is -0.466 e. The normalized spacial score (nSPS) is 12.9. The predicted octanol–water partition coefficient (Wildman–Crippen LogP) is 3.78. The zero-order valence-electron chi connectivity index (χ0n) is 11.9. The minimum atomic E-state index is 0.0140. The van der Waals surface area contributed by atoms with E-state index >= 15 is 0 Å². The second kappa shape index (κ2) is 4.25. The molecule has 16 heavy (non-hydrogen) atoms. The van der Waals surface area contributed by atoms with Crippen molar-refractivity contribution < 1.29 is 4.42 Å². The molecule has 0 radical (unpaired) electrons. The summed E-state index contributed by atoms with van der Waals surface area (Å²) in [5, 5.41) is 0. The van der Waals surface area contributed by atoms with Crippen LogP contribution in [0.25, 0.3) is 0 Å². The Morgan fingerprint density at radius 3 is 1.88 bits per heavy atom. The molecule has 0 spiro atoms. The summed E-state index contributed by atoms with van der Waals surface area (Å²) in [5.74, 6) is 2.09. The van der Waals surface area contributed by atoms with E-state index in [1.54, 1.807) is 0 Å². The van der Waals surface area contributed by atoms with Crippen molar-refractivity contribution in [2.45, 2.75) is 60.0 Å². The van der Waals surface area contributed by atoms with E-state index in [0.29, 0.717) is 6.04 Å². The van der Waals surface area contributed by atoms with Gasteiger partial charge < -0.3 is 4.42 Å². The molecule has 0 aromatic carbocycles. The third-order valence-electron chi connectivity index (χ3n) is 3.83. The van der Waals surface area contributed by atoms with Gasteiger partial charge in [-0.2, -0.15) is 0 Å². The van der Waals surface area contributed by atoms with Gasteiger partial charge in [0, 0.05) is 17.1 Å². The quantitative estimate of drug-likeness (QED) is 0.775. The predicted molar refractivity (Wildman–Crippen MR) is 68.8 cm³/mol. The molecule has 0 atom stereocenters. The van der Waals surface area contributed by atoms with Crippen molar-refractivity contribution in [2.24, 2.45) is 0 Å². The number of nitrogens with zero attached hydrogens (tertiary/aromatic N) is 1. The Kier molecular flexibility index (Phi) is 3.53. The number of hydrogen-bond acceptors (Lipinski definition) is 2. The summed E-state index contributed by atoms with van der Waals surface area (Å²) in [6.45, 7) is 15.2. The zero-order chi connectivity index (χ0) is 12.7. The fourth-order valence-electron chi connectivity index (χ4n) is 2.51. The second-order valence-electron chi connectivity index (χ2n) is 5.48. The van der Waals surface area contributed by atoms with Gasteiger partial charge in [-0.15, -0.1) is 0 Å². The van der Waals surface area contributed by atoms with Crippen LogP contribution in [0, 0.1) is 20.8 Å². The van der Waals surface area contributed by atoms with E-state index in [0.717, 1.165) is 11.5 Å². The van der Waals surface area contributed by atoms with Crippen LogP contribution in [-0.4, -0.2) is 18.0 Å². The fourth-order valence-corrected chi connectivity index (χ4v) is 2.51. The van der Waals surface area contributed by atoms with Gasteiger partial charge in [-0.3, -0.25) is 4.90 Å². The van der Waals surface area contributed by atoms with Crippen molar-refractivity contribution in [3.8, 4) is 0 Å². The Morgan fingerprint density at radius 2 is 1.56 bits per heavy atom. The molecule has 0 aliphatic rings. The molecule has 0 N–H and O–H groups in total. The van der Waals surface area contributed by atoms with E-state index in [4.69, 9.17) is 4.42 Å². The van der Waals surface area contributed by atoms with E-state index in [-0.39, 0.29) is 5.54 Å². The molecular weight excluding hydrogens is 198 g/mol. The van der Waals surface area contributed by atoms with Crippen LogP contribution in [0.4, 0.5) is 0 Å². The summed E-state index contributed by atoms with van der Waals surface area (Å²) in [4.78, 5) is 2.39. The van der Waals surface area contributed by atoms with Crippen molar-refractivity contribution >= 4 is 0 Å². The van der Waals surface area contributed by atoms with Crippen LogP contribution in [0.5, 0.6) is 0 Å². The first-order valence-electron chi connectivity index (χ1n) is 5.99. The van der Waals surface area contributed by atoms with Crippen molar-refractivity contribution in [1.82, 2.24) is 4.90 Å². The highest BCUT2D eigenvalue weighted by molar-refractivity contribution is 5.37. The number of aryl methyl sites for hydroxylation is 2. The minimum absolute atomic E-state index is 0.0140. The van der Waals surface area contributed by atoms with Gasteiger partial charge in [-0.1, -0.05) is 0 Å². The SMILES string of the molecule is Cc1oc(C)c(C(C)(C)N(C)C(C)C)c1C. The third kappa shape index (κ3) is 2.03. The summed E-state index contributed by atoms with van der Waals surface area (Å²) in [7, 11) is 2.17. The average molecular weight is 223 g/mol. The molecule has 1 heterocycles. The molecule has 92 valence electrons. The smallest absolute Gasteiger partial charge is 0.106 e. The van der Waals surface area contributed by atoms with Crippen LogP contribution in [0.2, 0.25) is 0 Å². The van der Waals surface area contributed by atoms with Gasteiger partial charge >= 0.3 is 0 Å². The lowest BCUT2D eigenvalue weighted by atomic mass is 9.88. The maximum absolute atomic E-state index is 5.73. The number of furan rings is 1. The molecule has 1 aromatic rings. The van der Waals surface area contributed by atoms with E-state index in [2.05, 4.69) is 53.5 Å². The molecule has 0 aliphatic heterocycles. The molecule has 0 aliphatic carbocycles. The molecule has 0 saturated carbocycles. The van der Waals surface area contributed by atoms with Gasteiger partial charge in [0.25, 0.3) is 0 Å². The summed E-state index contributed by atoms with van der Waals surface area (Å²) in [6, 6.07) is 0.518. The lowest BCUT2D eigenvalue weighted by Crippen LogP contribution is -2.43. The van der Waals surface area contributed by atoms with Crippen LogP contribution in [0.15, 0.2) is 4.42 Å². The van der Waals surface area contributed by atoms with Gasteiger partial charge in [0.2, 0.25) is 0 Å². The van der Waals surface area contributed by atoms with E-state index in [9.17, 15) is 0 Å². The number of hydrogen-bond donors (Lipinski definition) is 0. The van der Waals surface area contributed by atoms with Crippen LogP contribution >= 0.6 is 0 Å². The largest absolute Gasteiger partial charge is 0.466 e. The lowest BCUT2D eigenvalue weighted by molar-refractivity contribution is 0.116. The molecule has 1 rings (SSSR count). The zero-order valence-corrected chi connectivity index (χ0v) is 11.9. The summed E-state index contributed by atoms with van der Waals surface area (Å²) < 4.78 is 5.73. The molecule has 0 unspecified atom stereocenters. The van der Waals surface area contributed by atoms with E-state index < -0.39 is 0 Å². The maximum atomic E-state index is 5.73. The Labute approximate surface area is 99.6 Å². The molecule has 1 aromatic heterocycles. The van der Waals surface area contributed by atoms with Gasteiger partial charge in [0.15, 0.2) is 0 Å². The van der Waals surface area contributed by atoms with Crippen LogP contribution in [0.3, 0.4) is 0 Å². The molecule has 0 saturated heterocycles. The standard InChI is InChI=1S/C14H25NO/c1-9(2)15(8)14(6,7)13-10(3)11(4)16-12(13)5/h9H,1-8H3. The monoisotopic (exact) mass is 223 g/mol. The first kappa shape index (κ1) is 13.3. The van der Waals surface area contributed by atoms with Gasteiger partial charge in [0.05, 0.1) is 0 Å². The maximum Gasteiger partial charge on any atom is 0.106 e. The summed E-state index contributed by atoms with van der Waals surface area (Å²) in [6.07, 6.45) is 0. The van der Waals surface area contributed by atoms with Crippen LogP contribution in [-0.2, 0) is 5.54 Å². The average Bonchev–Trinajstić information content (AvgIpc) is 2.39. The first-order valence-corrected chi connectivity index (χ1v) is 5.99. The van der Waals surface area contributed by atoms with Crippen molar-refractivity contribution in [3.05, 3.63) is 22.6 Å². The Hall–Kier alpha value is -0.760. The van der Waals surface area contributed by atoms with Crippen molar-refractivity contribution in [3.63, 3.8) is 0 Å². The Morgan fingerprint density at radius 1 is 1.06 bits per heavy atom. The summed E-state index contributed by atoms with van der Waals surface area (Å²) >= 11 is 0. The van der Waals surface area contributed by atoms with E-state index in [1.165, 1.54) is 11.1 Å². The van der Waals surface area contributed by atoms with Crippen LogP contribution < -0.4 is 0 Å². The Bertz CT molecular complexity index is 374. The highest BCUT2D eigenvalue weighted by atomic mass is 16.3. The highest BCUT2D eigenvalue weighted by Gasteiger charge is 2.33. The van der Waals surface area contributed by atoms with E-state index in [1.807, 2.05) is 6.92 Å². The lowest BCUT2D eigenvalue weighted by Gasteiger charge is -2.39. The molecular formula is C14H25NO. The van der Waals surface area contributed by atoms with Crippen molar-refractivity contribution in [1.29, 1.82) is 0 Å². The third-order valence-corrected chi connectivity index (χ3v) is 3.83. The van der Waals surface area contributed by atoms with Gasteiger partial charge in [0.1, 0.15) is 11.5 Å². The first-order chi connectivity index (χ1) is 7.19. The molecule has 2 heteroatoms. The molecule has 0 bridgehead atoms. The molecule has 0 amide bonds. The molecule has 0 fully saturated rings. The topological polar surface area (TPSA) is 16.4 Å². The Balaban J connectivity index is 3.26. The van der Waals surface area contributed by atoms with Crippen LogP contribution in [0.1, 0.15) is 50.3 Å². The van der Waals surface area contributed by atoms with Crippen molar-refractivity contribution in [2.75, 3.05) is 7.05 Å². The van der Waals surface area contributed by atoms with Gasteiger partial charge in [-0.05, 0) is 61.1 Å². The molecule has 2 nitrogen and oxygen atoms in total. The number of rotatable bonds is 3.